The van der Waals surface area contributed by atoms with E-state index in [1.165, 1.54) is 6.07 Å². The van der Waals surface area contributed by atoms with E-state index < -0.39 is 4.92 Å². The summed E-state index contributed by atoms with van der Waals surface area (Å²) in [6.45, 7) is 2.46. The number of nitrogens with one attached hydrogen (secondary N) is 1. The molecule has 0 heterocycles. The van der Waals surface area contributed by atoms with E-state index in [0.29, 0.717) is 12.2 Å². The molecule has 1 N–H and O–H groups in total. The van der Waals surface area contributed by atoms with Crippen molar-refractivity contribution in [1.82, 2.24) is 0 Å². The molecule has 0 aliphatic rings. The van der Waals surface area contributed by atoms with Gasteiger partial charge in [-0.2, -0.15) is 0 Å². The van der Waals surface area contributed by atoms with Crippen LogP contribution in [-0.4, -0.2) is 12.0 Å². The minimum Gasteiger partial charge on any atom is -0.496 e. The molecule has 20 heavy (non-hydrogen) atoms. The molecule has 0 fully saturated rings. The third-order valence-corrected chi connectivity index (χ3v) is 3.01. The number of nitro benzene ring substituents is 1. The van der Waals surface area contributed by atoms with Gasteiger partial charge < -0.3 is 10.1 Å². The second-order valence-corrected chi connectivity index (χ2v) is 4.44. The summed E-state index contributed by atoms with van der Waals surface area (Å²) >= 11 is 0. The molecule has 0 saturated carbocycles. The lowest BCUT2D eigenvalue weighted by Crippen LogP contribution is -2.04. The van der Waals surface area contributed by atoms with Gasteiger partial charge in [0.25, 0.3) is 5.69 Å². The summed E-state index contributed by atoms with van der Waals surface area (Å²) in [4.78, 5) is 10.6. The van der Waals surface area contributed by atoms with Crippen LogP contribution in [0.5, 0.6) is 5.75 Å². The van der Waals surface area contributed by atoms with Crippen LogP contribution < -0.4 is 10.1 Å². The number of anilines is 1. The van der Waals surface area contributed by atoms with E-state index in [2.05, 4.69) is 5.32 Å². The summed E-state index contributed by atoms with van der Waals surface area (Å²) in [5.41, 5.74) is 2.65. The Morgan fingerprint density at radius 2 is 2.00 bits per heavy atom. The Kier molecular flexibility index (Phi) is 4.20. The van der Waals surface area contributed by atoms with Crippen LogP contribution in [-0.2, 0) is 6.54 Å². The molecular formula is C15H16N2O3. The summed E-state index contributed by atoms with van der Waals surface area (Å²) in [7, 11) is 1.61. The first kappa shape index (κ1) is 13.9. The molecule has 0 spiro atoms. The summed E-state index contributed by atoms with van der Waals surface area (Å²) < 4.78 is 5.29. The summed E-state index contributed by atoms with van der Waals surface area (Å²) in [5.74, 6) is 0.765. The number of hydrogen-bond acceptors (Lipinski definition) is 4. The smallest absolute Gasteiger partial charge is 0.292 e. The van der Waals surface area contributed by atoms with Gasteiger partial charge in [-0.05, 0) is 19.1 Å². The molecule has 5 heteroatoms. The third-order valence-electron chi connectivity index (χ3n) is 3.01. The minimum atomic E-state index is -0.393. The quantitative estimate of drug-likeness (QED) is 0.668. The average Bonchev–Trinajstić information content (AvgIpc) is 2.45. The van der Waals surface area contributed by atoms with E-state index in [1.807, 2.05) is 25.1 Å². The van der Waals surface area contributed by atoms with Gasteiger partial charge in [-0.3, -0.25) is 10.1 Å². The van der Waals surface area contributed by atoms with Crippen LogP contribution in [0.2, 0.25) is 0 Å². The maximum absolute atomic E-state index is 11.0. The summed E-state index contributed by atoms with van der Waals surface area (Å²) in [6, 6.07) is 12.5. The number of hydrogen-bond donors (Lipinski definition) is 1. The van der Waals surface area contributed by atoms with Crippen LogP contribution >= 0.6 is 0 Å². The van der Waals surface area contributed by atoms with Crippen molar-refractivity contribution in [2.75, 3.05) is 12.4 Å². The van der Waals surface area contributed by atoms with Crippen molar-refractivity contribution in [3.63, 3.8) is 0 Å². The fourth-order valence-electron chi connectivity index (χ4n) is 2.02. The molecular weight excluding hydrogens is 256 g/mol. The molecule has 0 saturated heterocycles. The van der Waals surface area contributed by atoms with E-state index >= 15 is 0 Å². The van der Waals surface area contributed by atoms with Gasteiger partial charge in [0.1, 0.15) is 11.4 Å². The van der Waals surface area contributed by atoms with E-state index in [9.17, 15) is 10.1 Å². The van der Waals surface area contributed by atoms with E-state index in [-0.39, 0.29) is 5.69 Å². The first-order chi connectivity index (χ1) is 9.61. The highest BCUT2D eigenvalue weighted by Gasteiger charge is 2.12. The molecule has 2 aromatic rings. The van der Waals surface area contributed by atoms with Gasteiger partial charge in [-0.1, -0.05) is 29.8 Å². The SMILES string of the molecule is COc1ccc(C)cc1CNc1ccccc1[N+](=O)[O-]. The van der Waals surface area contributed by atoms with Crippen molar-refractivity contribution in [2.45, 2.75) is 13.5 Å². The molecule has 0 aliphatic carbocycles. The van der Waals surface area contributed by atoms with Gasteiger partial charge in [0, 0.05) is 18.2 Å². The number of nitro groups is 1. The Bertz CT molecular complexity index is 626. The van der Waals surface area contributed by atoms with Gasteiger partial charge in [0.2, 0.25) is 0 Å². The second kappa shape index (κ2) is 6.06. The second-order valence-electron chi connectivity index (χ2n) is 4.44. The van der Waals surface area contributed by atoms with Crippen molar-refractivity contribution in [3.8, 4) is 5.75 Å². The largest absolute Gasteiger partial charge is 0.496 e. The number of ether oxygens (including phenoxy) is 1. The van der Waals surface area contributed by atoms with Gasteiger partial charge in [-0.15, -0.1) is 0 Å². The number of nitrogens with zero attached hydrogens (tertiary/aromatic N) is 1. The predicted octanol–water partition coefficient (Wildman–Crippen LogP) is 3.52. The zero-order chi connectivity index (χ0) is 14.5. The van der Waals surface area contributed by atoms with Crippen molar-refractivity contribution >= 4 is 11.4 Å². The van der Waals surface area contributed by atoms with Crippen LogP contribution in [0.1, 0.15) is 11.1 Å². The van der Waals surface area contributed by atoms with Crippen molar-refractivity contribution in [3.05, 3.63) is 63.7 Å². The number of rotatable bonds is 5. The standard InChI is InChI=1S/C15H16N2O3/c1-11-7-8-15(20-2)12(9-11)10-16-13-5-3-4-6-14(13)17(18)19/h3-9,16H,10H2,1-2H3. The maximum Gasteiger partial charge on any atom is 0.292 e. The molecule has 0 unspecified atom stereocenters. The first-order valence-corrected chi connectivity index (χ1v) is 6.22. The Morgan fingerprint density at radius 1 is 1.25 bits per heavy atom. The monoisotopic (exact) mass is 272 g/mol. The van der Waals surface area contributed by atoms with E-state index in [1.54, 1.807) is 25.3 Å². The fourth-order valence-corrected chi connectivity index (χ4v) is 2.02. The zero-order valence-corrected chi connectivity index (χ0v) is 11.4. The Hall–Kier alpha value is -2.56. The molecule has 2 aromatic carbocycles. The average molecular weight is 272 g/mol. The van der Waals surface area contributed by atoms with Crippen LogP contribution in [0.4, 0.5) is 11.4 Å². The zero-order valence-electron chi connectivity index (χ0n) is 11.4. The highest BCUT2D eigenvalue weighted by Crippen LogP contribution is 2.26. The molecule has 0 radical (unpaired) electrons. The molecule has 104 valence electrons. The molecule has 0 amide bonds. The number of methoxy groups -OCH3 is 1. The van der Waals surface area contributed by atoms with Crippen LogP contribution in [0.15, 0.2) is 42.5 Å². The van der Waals surface area contributed by atoms with E-state index in [0.717, 1.165) is 16.9 Å². The molecule has 5 nitrogen and oxygen atoms in total. The highest BCUT2D eigenvalue weighted by molar-refractivity contribution is 5.61. The van der Waals surface area contributed by atoms with Crippen molar-refractivity contribution in [2.24, 2.45) is 0 Å². The lowest BCUT2D eigenvalue weighted by molar-refractivity contribution is -0.384. The topological polar surface area (TPSA) is 64.4 Å². The van der Waals surface area contributed by atoms with Gasteiger partial charge in [-0.25, -0.2) is 0 Å². The number of para-hydroxylation sites is 2. The normalized spacial score (nSPS) is 10.1. The van der Waals surface area contributed by atoms with Gasteiger partial charge >= 0.3 is 0 Å². The van der Waals surface area contributed by atoms with Gasteiger partial charge in [0.05, 0.1) is 12.0 Å². The maximum atomic E-state index is 11.0. The number of aryl methyl sites for hydroxylation is 1. The third kappa shape index (κ3) is 3.06. The van der Waals surface area contributed by atoms with Crippen molar-refractivity contribution < 1.29 is 9.66 Å². The summed E-state index contributed by atoms with van der Waals surface area (Å²) in [6.07, 6.45) is 0. The Labute approximate surface area is 117 Å². The molecule has 0 atom stereocenters. The fraction of sp³-hybridized carbons (Fsp3) is 0.200. The molecule has 0 aliphatic heterocycles. The van der Waals surface area contributed by atoms with Crippen LogP contribution in [0.3, 0.4) is 0 Å². The highest BCUT2D eigenvalue weighted by atomic mass is 16.6. The molecule has 0 aromatic heterocycles. The lowest BCUT2D eigenvalue weighted by atomic mass is 10.1. The summed E-state index contributed by atoms with van der Waals surface area (Å²) in [5, 5.41) is 14.0. The predicted molar refractivity (Wildman–Crippen MR) is 78.2 cm³/mol. The van der Waals surface area contributed by atoms with E-state index in [4.69, 9.17) is 4.74 Å². The first-order valence-electron chi connectivity index (χ1n) is 6.22. The number of benzene rings is 2. The minimum absolute atomic E-state index is 0.0686. The lowest BCUT2D eigenvalue weighted by Gasteiger charge is -2.11. The Morgan fingerprint density at radius 3 is 2.70 bits per heavy atom. The molecule has 0 bridgehead atoms. The van der Waals surface area contributed by atoms with Crippen LogP contribution in [0, 0.1) is 17.0 Å². The van der Waals surface area contributed by atoms with Crippen LogP contribution in [0.25, 0.3) is 0 Å². The molecule has 2 rings (SSSR count). The Balaban J connectivity index is 2.21. The van der Waals surface area contributed by atoms with Crippen molar-refractivity contribution in [1.29, 1.82) is 0 Å². The van der Waals surface area contributed by atoms with Gasteiger partial charge in [0.15, 0.2) is 0 Å².